The first-order chi connectivity index (χ1) is 10.2. The van der Waals surface area contributed by atoms with Crippen molar-refractivity contribution in [2.75, 3.05) is 13.7 Å². The first-order valence-corrected chi connectivity index (χ1v) is 7.15. The van der Waals surface area contributed by atoms with Crippen LogP contribution in [-0.4, -0.2) is 18.6 Å². The quantitative estimate of drug-likeness (QED) is 0.881. The van der Waals surface area contributed by atoms with Crippen molar-refractivity contribution in [1.82, 2.24) is 10.3 Å². The highest BCUT2D eigenvalue weighted by Crippen LogP contribution is 2.30. The lowest BCUT2D eigenvalue weighted by Gasteiger charge is -2.22. The van der Waals surface area contributed by atoms with E-state index in [9.17, 15) is 4.39 Å². The van der Waals surface area contributed by atoms with Crippen molar-refractivity contribution in [2.45, 2.75) is 26.3 Å². The van der Waals surface area contributed by atoms with E-state index in [1.807, 2.05) is 19.1 Å². The summed E-state index contributed by atoms with van der Waals surface area (Å²) in [5.41, 5.74) is 2.66. The van der Waals surface area contributed by atoms with E-state index >= 15 is 0 Å². The van der Waals surface area contributed by atoms with Gasteiger partial charge in [-0.1, -0.05) is 19.1 Å². The predicted octanol–water partition coefficient (Wildman–Crippen LogP) is 3.63. The van der Waals surface area contributed by atoms with Crippen LogP contribution in [0.5, 0.6) is 5.75 Å². The van der Waals surface area contributed by atoms with E-state index < -0.39 is 0 Å². The van der Waals surface area contributed by atoms with Gasteiger partial charge in [0.1, 0.15) is 0 Å². The third-order valence-corrected chi connectivity index (χ3v) is 3.50. The van der Waals surface area contributed by atoms with Gasteiger partial charge in [-0.05, 0) is 43.1 Å². The lowest BCUT2D eigenvalue weighted by molar-refractivity contribution is 0.381. The van der Waals surface area contributed by atoms with Crippen LogP contribution in [0.25, 0.3) is 0 Å². The topological polar surface area (TPSA) is 34.2 Å². The number of benzene rings is 1. The van der Waals surface area contributed by atoms with Gasteiger partial charge in [0.15, 0.2) is 11.6 Å². The SMILES string of the molecule is CCCNC(c1ccncc1C)c1cccc(OC)c1F. The standard InChI is InChI=1S/C17H21FN2O/c1-4-9-20-17(13-8-10-19-11-12(13)2)14-6-5-7-15(21-3)16(14)18/h5-8,10-11,17,20H,4,9H2,1-3H3. The normalized spacial score (nSPS) is 12.2. The second kappa shape index (κ2) is 7.18. The van der Waals surface area contributed by atoms with Gasteiger partial charge in [0.05, 0.1) is 13.2 Å². The Bertz CT molecular complexity index is 601. The summed E-state index contributed by atoms with van der Waals surface area (Å²) in [7, 11) is 1.48. The molecule has 1 atom stereocenters. The van der Waals surface area contributed by atoms with Crippen LogP contribution in [0.4, 0.5) is 4.39 Å². The van der Waals surface area contributed by atoms with Crippen molar-refractivity contribution in [3.05, 3.63) is 59.2 Å². The molecule has 0 aliphatic rings. The summed E-state index contributed by atoms with van der Waals surface area (Å²) in [6, 6.07) is 6.97. The largest absolute Gasteiger partial charge is 0.494 e. The molecular weight excluding hydrogens is 267 g/mol. The maximum absolute atomic E-state index is 14.6. The molecule has 0 aliphatic carbocycles. The Hall–Kier alpha value is -1.94. The Balaban J connectivity index is 2.48. The van der Waals surface area contributed by atoms with Crippen molar-refractivity contribution in [2.24, 2.45) is 0 Å². The highest BCUT2D eigenvalue weighted by molar-refractivity contribution is 5.40. The van der Waals surface area contributed by atoms with Crippen molar-refractivity contribution in [3.63, 3.8) is 0 Å². The lowest BCUT2D eigenvalue weighted by atomic mass is 9.95. The molecule has 21 heavy (non-hydrogen) atoms. The van der Waals surface area contributed by atoms with Crippen molar-refractivity contribution >= 4 is 0 Å². The zero-order valence-corrected chi connectivity index (χ0v) is 12.7. The molecule has 2 aromatic rings. The van der Waals surface area contributed by atoms with E-state index in [1.54, 1.807) is 24.5 Å². The molecule has 0 fully saturated rings. The Morgan fingerprint density at radius 3 is 2.76 bits per heavy atom. The van der Waals surface area contributed by atoms with Gasteiger partial charge in [-0.15, -0.1) is 0 Å². The summed E-state index contributed by atoms with van der Waals surface area (Å²) in [5, 5.41) is 3.41. The van der Waals surface area contributed by atoms with Crippen LogP contribution in [0.3, 0.4) is 0 Å². The van der Waals surface area contributed by atoms with E-state index in [0.29, 0.717) is 5.56 Å². The minimum atomic E-state index is -0.315. The molecule has 0 spiro atoms. The van der Waals surface area contributed by atoms with Gasteiger partial charge in [0, 0.05) is 18.0 Å². The lowest BCUT2D eigenvalue weighted by Crippen LogP contribution is -2.25. The molecule has 3 nitrogen and oxygen atoms in total. The Labute approximate surface area is 125 Å². The molecule has 4 heteroatoms. The molecule has 1 heterocycles. The highest BCUT2D eigenvalue weighted by atomic mass is 19.1. The molecule has 0 saturated heterocycles. The molecule has 0 aliphatic heterocycles. The average molecular weight is 288 g/mol. The van der Waals surface area contributed by atoms with Gasteiger partial charge in [0.2, 0.25) is 0 Å². The second-order valence-electron chi connectivity index (χ2n) is 4.98. The van der Waals surface area contributed by atoms with Gasteiger partial charge in [-0.3, -0.25) is 4.98 Å². The number of methoxy groups -OCH3 is 1. The van der Waals surface area contributed by atoms with Crippen molar-refractivity contribution in [3.8, 4) is 5.75 Å². The molecule has 2 rings (SSSR count). The Morgan fingerprint density at radius 1 is 1.29 bits per heavy atom. The molecule has 112 valence electrons. The fourth-order valence-corrected chi connectivity index (χ4v) is 2.39. The molecule has 0 bridgehead atoms. The number of pyridine rings is 1. The fraction of sp³-hybridized carbons (Fsp3) is 0.353. The average Bonchev–Trinajstić information content (AvgIpc) is 2.50. The summed E-state index contributed by atoms with van der Waals surface area (Å²) in [4.78, 5) is 4.11. The molecule has 1 unspecified atom stereocenters. The summed E-state index contributed by atoms with van der Waals surface area (Å²) in [6.45, 7) is 4.88. The smallest absolute Gasteiger partial charge is 0.170 e. The van der Waals surface area contributed by atoms with Gasteiger partial charge in [-0.2, -0.15) is 0 Å². The van der Waals surface area contributed by atoms with E-state index in [2.05, 4.69) is 17.2 Å². The first kappa shape index (κ1) is 15.4. The number of nitrogens with zero attached hydrogens (tertiary/aromatic N) is 1. The molecule has 0 saturated carbocycles. The zero-order chi connectivity index (χ0) is 15.2. The van der Waals surface area contributed by atoms with E-state index in [4.69, 9.17) is 4.74 Å². The molecule has 1 aromatic heterocycles. The first-order valence-electron chi connectivity index (χ1n) is 7.15. The highest BCUT2D eigenvalue weighted by Gasteiger charge is 2.21. The number of aryl methyl sites for hydroxylation is 1. The maximum atomic E-state index is 14.6. The van der Waals surface area contributed by atoms with Gasteiger partial charge in [0.25, 0.3) is 0 Å². The van der Waals surface area contributed by atoms with Crippen molar-refractivity contribution in [1.29, 1.82) is 0 Å². The maximum Gasteiger partial charge on any atom is 0.170 e. The number of rotatable bonds is 6. The molecule has 1 N–H and O–H groups in total. The monoisotopic (exact) mass is 288 g/mol. The van der Waals surface area contributed by atoms with Gasteiger partial charge >= 0.3 is 0 Å². The van der Waals surface area contributed by atoms with Crippen LogP contribution in [-0.2, 0) is 0 Å². The Morgan fingerprint density at radius 2 is 2.10 bits per heavy atom. The number of hydrogen-bond acceptors (Lipinski definition) is 3. The minimum Gasteiger partial charge on any atom is -0.494 e. The van der Waals surface area contributed by atoms with Crippen LogP contribution < -0.4 is 10.1 Å². The van der Waals surface area contributed by atoms with Gasteiger partial charge < -0.3 is 10.1 Å². The predicted molar refractivity (Wildman–Crippen MR) is 82.1 cm³/mol. The number of halogens is 1. The number of ether oxygens (including phenoxy) is 1. The third-order valence-electron chi connectivity index (χ3n) is 3.50. The van der Waals surface area contributed by atoms with Crippen LogP contribution in [0.1, 0.15) is 36.1 Å². The molecule has 0 amide bonds. The second-order valence-corrected chi connectivity index (χ2v) is 4.98. The van der Waals surface area contributed by atoms with Crippen LogP contribution >= 0.6 is 0 Å². The Kier molecular flexibility index (Phi) is 5.28. The van der Waals surface area contributed by atoms with Crippen LogP contribution in [0.2, 0.25) is 0 Å². The van der Waals surface area contributed by atoms with Gasteiger partial charge in [-0.25, -0.2) is 4.39 Å². The summed E-state index contributed by atoms with van der Waals surface area (Å²) in [6.07, 6.45) is 4.52. The van der Waals surface area contributed by atoms with Crippen LogP contribution in [0, 0.1) is 12.7 Å². The van der Waals surface area contributed by atoms with E-state index in [1.165, 1.54) is 7.11 Å². The number of aromatic nitrogens is 1. The van der Waals surface area contributed by atoms with E-state index in [0.717, 1.165) is 24.1 Å². The minimum absolute atomic E-state index is 0.206. The molecule has 0 radical (unpaired) electrons. The fourth-order valence-electron chi connectivity index (χ4n) is 2.39. The van der Waals surface area contributed by atoms with Crippen LogP contribution in [0.15, 0.2) is 36.7 Å². The molecular formula is C17H21FN2O. The third kappa shape index (κ3) is 3.39. The number of nitrogens with one attached hydrogen (secondary N) is 1. The summed E-state index contributed by atoms with van der Waals surface area (Å²) >= 11 is 0. The van der Waals surface area contributed by atoms with E-state index in [-0.39, 0.29) is 17.6 Å². The zero-order valence-electron chi connectivity index (χ0n) is 12.7. The summed E-state index contributed by atoms with van der Waals surface area (Å²) < 4.78 is 19.7. The molecule has 1 aromatic carbocycles. The summed E-state index contributed by atoms with van der Waals surface area (Å²) in [5.74, 6) is -0.0488. The van der Waals surface area contributed by atoms with Crippen molar-refractivity contribution < 1.29 is 9.13 Å². The number of hydrogen-bond donors (Lipinski definition) is 1.